The van der Waals surface area contributed by atoms with Crippen molar-refractivity contribution < 1.29 is 13.2 Å². The summed E-state index contributed by atoms with van der Waals surface area (Å²) in [7, 11) is 1.31. The second-order valence-corrected chi connectivity index (χ2v) is 8.33. The van der Waals surface area contributed by atoms with Crippen LogP contribution in [0.1, 0.15) is 5.56 Å². The van der Waals surface area contributed by atoms with E-state index in [1.807, 2.05) is 24.3 Å². The number of halogens is 4. The molecule has 0 saturated carbocycles. The van der Waals surface area contributed by atoms with E-state index >= 15 is 0 Å². The van der Waals surface area contributed by atoms with E-state index in [-0.39, 0.29) is 27.3 Å². The smallest absolute Gasteiger partial charge is 0.262 e. The van der Waals surface area contributed by atoms with Gasteiger partial charge >= 0.3 is 0 Å². The van der Waals surface area contributed by atoms with Crippen LogP contribution in [0, 0.1) is 0 Å². The molecule has 0 aliphatic carbocycles. The Morgan fingerprint density at radius 1 is 1.05 bits per heavy atom. The van der Waals surface area contributed by atoms with Gasteiger partial charge in [0.2, 0.25) is 0 Å². The molecule has 21 heavy (non-hydrogen) atoms. The van der Waals surface area contributed by atoms with Crippen molar-refractivity contribution in [1.82, 2.24) is 0 Å². The maximum Gasteiger partial charge on any atom is 0.262 e. The van der Waals surface area contributed by atoms with Crippen LogP contribution in [0.15, 0.2) is 45.8 Å². The fraction of sp³-hybridized carbons (Fsp3) is 0.0769. The minimum Gasteiger partial charge on any atom is -0.487 e. The van der Waals surface area contributed by atoms with Crippen molar-refractivity contribution in [3.63, 3.8) is 0 Å². The van der Waals surface area contributed by atoms with Crippen molar-refractivity contribution in [1.29, 1.82) is 0 Å². The average Bonchev–Trinajstić information content (AvgIpc) is 2.40. The van der Waals surface area contributed by atoms with Crippen molar-refractivity contribution in [2.45, 2.75) is 11.5 Å². The SMILES string of the molecule is O=S(=O)(Cl)c1cc(Cl)c(OCc2ccc(Br)cc2)cc1Cl. The molecule has 0 aliphatic rings. The molecule has 2 aromatic carbocycles. The first-order valence-corrected chi connectivity index (χ1v) is 9.44. The largest absolute Gasteiger partial charge is 0.487 e. The van der Waals surface area contributed by atoms with Gasteiger partial charge in [0.1, 0.15) is 17.3 Å². The third-order valence-corrected chi connectivity index (χ3v) is 5.17. The normalized spacial score (nSPS) is 11.4. The number of ether oxygens (including phenoxy) is 1. The van der Waals surface area contributed by atoms with E-state index in [0.29, 0.717) is 0 Å². The lowest BCUT2D eigenvalue weighted by Gasteiger charge is -2.10. The van der Waals surface area contributed by atoms with Gasteiger partial charge in [0.05, 0.1) is 10.0 Å². The topological polar surface area (TPSA) is 43.4 Å². The Bertz CT molecular complexity index is 761. The van der Waals surface area contributed by atoms with Gasteiger partial charge in [-0.05, 0) is 23.8 Å². The Balaban J connectivity index is 2.21. The highest BCUT2D eigenvalue weighted by molar-refractivity contribution is 9.10. The van der Waals surface area contributed by atoms with E-state index in [1.54, 1.807) is 0 Å². The minimum atomic E-state index is -3.95. The summed E-state index contributed by atoms with van der Waals surface area (Å²) in [5.74, 6) is 0.286. The fourth-order valence-electron chi connectivity index (χ4n) is 1.55. The van der Waals surface area contributed by atoms with Gasteiger partial charge in [0.15, 0.2) is 0 Å². The minimum absolute atomic E-state index is 0.0415. The zero-order valence-corrected chi connectivity index (χ0v) is 15.0. The Hall–Kier alpha value is -0.460. The molecule has 8 heteroatoms. The quantitative estimate of drug-likeness (QED) is 0.621. The fourth-order valence-corrected chi connectivity index (χ4v) is 3.61. The molecule has 0 aromatic heterocycles. The van der Waals surface area contributed by atoms with Crippen LogP contribution in [0.2, 0.25) is 10.0 Å². The molecule has 3 nitrogen and oxygen atoms in total. The summed E-state index contributed by atoms with van der Waals surface area (Å²) in [4.78, 5) is -0.244. The number of benzene rings is 2. The zero-order valence-electron chi connectivity index (χ0n) is 10.3. The van der Waals surface area contributed by atoms with Crippen molar-refractivity contribution in [3.8, 4) is 5.75 Å². The van der Waals surface area contributed by atoms with Gasteiger partial charge in [0, 0.05) is 21.2 Å². The number of rotatable bonds is 4. The van der Waals surface area contributed by atoms with Gasteiger partial charge in [-0.2, -0.15) is 0 Å². The second-order valence-electron chi connectivity index (χ2n) is 4.07. The Kier molecular flexibility index (Phi) is 5.43. The molecule has 0 fully saturated rings. The van der Waals surface area contributed by atoms with Gasteiger partial charge in [-0.15, -0.1) is 0 Å². The average molecular weight is 431 g/mol. The van der Waals surface area contributed by atoms with Crippen LogP contribution >= 0.6 is 49.8 Å². The van der Waals surface area contributed by atoms with Gasteiger partial charge in [-0.1, -0.05) is 51.3 Å². The first-order chi connectivity index (χ1) is 9.77. The summed E-state index contributed by atoms with van der Waals surface area (Å²) in [5.41, 5.74) is 0.930. The summed E-state index contributed by atoms with van der Waals surface area (Å²) in [6, 6.07) is 10.0. The van der Waals surface area contributed by atoms with Crippen molar-refractivity contribution in [2.75, 3.05) is 0 Å². The standard InChI is InChI=1S/C13H8BrCl3O3S/c14-9-3-1-8(2-4-9)7-20-12-5-11(16)13(6-10(12)15)21(17,18)19/h1-6H,7H2. The lowest BCUT2D eigenvalue weighted by Crippen LogP contribution is -1.98. The number of hydrogen-bond acceptors (Lipinski definition) is 3. The van der Waals surface area contributed by atoms with E-state index in [9.17, 15) is 8.42 Å². The summed E-state index contributed by atoms with van der Waals surface area (Å²) >= 11 is 15.2. The lowest BCUT2D eigenvalue weighted by molar-refractivity contribution is 0.306. The first-order valence-electron chi connectivity index (χ1n) is 5.58. The summed E-state index contributed by atoms with van der Waals surface area (Å²) in [6.45, 7) is 0.274. The number of hydrogen-bond donors (Lipinski definition) is 0. The molecule has 0 N–H and O–H groups in total. The molecule has 0 bridgehead atoms. The van der Waals surface area contributed by atoms with Crippen molar-refractivity contribution in [2.24, 2.45) is 0 Å². The molecule has 2 rings (SSSR count). The van der Waals surface area contributed by atoms with Crippen LogP contribution in [0.5, 0.6) is 5.75 Å². The van der Waals surface area contributed by atoms with Crippen LogP contribution in [0.4, 0.5) is 0 Å². The highest BCUT2D eigenvalue weighted by atomic mass is 79.9. The van der Waals surface area contributed by atoms with Crippen LogP contribution in [-0.4, -0.2) is 8.42 Å². The molecule has 0 atom stereocenters. The van der Waals surface area contributed by atoms with Crippen LogP contribution < -0.4 is 4.74 Å². The predicted octanol–water partition coefficient (Wildman–Crippen LogP) is 5.26. The molecule has 0 unspecified atom stereocenters. The third-order valence-electron chi connectivity index (χ3n) is 2.56. The van der Waals surface area contributed by atoms with E-state index in [4.69, 9.17) is 38.6 Å². The molecular formula is C13H8BrCl3O3S. The van der Waals surface area contributed by atoms with Gasteiger partial charge in [-0.3, -0.25) is 0 Å². The zero-order chi connectivity index (χ0) is 15.6. The Morgan fingerprint density at radius 3 is 2.24 bits per heavy atom. The third kappa shape index (κ3) is 4.50. The van der Waals surface area contributed by atoms with Gasteiger partial charge in [0.25, 0.3) is 9.05 Å². The molecule has 0 heterocycles. The Morgan fingerprint density at radius 2 is 1.67 bits per heavy atom. The van der Waals surface area contributed by atoms with Crippen LogP contribution in [0.25, 0.3) is 0 Å². The molecule has 0 saturated heterocycles. The van der Waals surface area contributed by atoms with Crippen LogP contribution in [0.3, 0.4) is 0 Å². The molecule has 112 valence electrons. The van der Waals surface area contributed by atoms with Gasteiger partial charge < -0.3 is 4.74 Å². The van der Waals surface area contributed by atoms with Gasteiger partial charge in [-0.25, -0.2) is 8.42 Å². The molecule has 0 spiro atoms. The highest BCUT2D eigenvalue weighted by Crippen LogP contribution is 2.35. The van der Waals surface area contributed by atoms with E-state index < -0.39 is 9.05 Å². The molecule has 0 amide bonds. The lowest BCUT2D eigenvalue weighted by atomic mass is 10.2. The molecule has 2 aromatic rings. The maximum atomic E-state index is 11.3. The Labute approximate surface area is 145 Å². The highest BCUT2D eigenvalue weighted by Gasteiger charge is 2.18. The summed E-state index contributed by atoms with van der Waals surface area (Å²) in [5, 5.41) is 0.0796. The van der Waals surface area contributed by atoms with E-state index in [0.717, 1.165) is 10.0 Å². The van der Waals surface area contributed by atoms with E-state index in [1.165, 1.54) is 12.1 Å². The van der Waals surface area contributed by atoms with Crippen LogP contribution in [-0.2, 0) is 15.7 Å². The predicted molar refractivity (Wildman–Crippen MR) is 88.0 cm³/mol. The monoisotopic (exact) mass is 428 g/mol. The summed E-state index contributed by atoms with van der Waals surface area (Å²) in [6.07, 6.45) is 0. The summed E-state index contributed by atoms with van der Waals surface area (Å²) < 4.78 is 29.1. The van der Waals surface area contributed by atoms with Crippen molar-refractivity contribution >= 4 is 58.9 Å². The molecule has 0 radical (unpaired) electrons. The van der Waals surface area contributed by atoms with Crippen molar-refractivity contribution in [3.05, 3.63) is 56.5 Å². The van der Waals surface area contributed by atoms with E-state index in [2.05, 4.69) is 15.9 Å². The first kappa shape index (κ1) is 16.9. The second kappa shape index (κ2) is 6.75. The molecule has 0 aliphatic heterocycles. The molecular weight excluding hydrogens is 422 g/mol. The maximum absolute atomic E-state index is 11.3.